The highest BCUT2D eigenvalue weighted by Gasteiger charge is 2.25. The zero-order valence-corrected chi connectivity index (χ0v) is 27.7. The summed E-state index contributed by atoms with van der Waals surface area (Å²) in [7, 11) is 5.93. The van der Waals surface area contributed by atoms with Crippen molar-refractivity contribution in [3.8, 4) is 0 Å². The van der Waals surface area contributed by atoms with Gasteiger partial charge in [-0.05, 0) is 12.8 Å². The molecule has 0 aliphatic heterocycles. The van der Waals surface area contributed by atoms with Crippen LogP contribution in [0.3, 0.4) is 0 Å². The molecule has 0 spiro atoms. The number of carboxylic acid groups (broad SMARTS) is 1. The summed E-state index contributed by atoms with van der Waals surface area (Å²) in [6.45, 7) is 4.79. The fourth-order valence-electron chi connectivity index (χ4n) is 4.42. The second-order valence-corrected chi connectivity index (χ2v) is 12.5. The summed E-state index contributed by atoms with van der Waals surface area (Å²) < 4.78 is 22.4. The van der Waals surface area contributed by atoms with Crippen LogP contribution in [0, 0.1) is 0 Å². The largest absolute Gasteiger partial charge is 0.477 e. The second-order valence-electron chi connectivity index (χ2n) is 12.5. The molecule has 0 amide bonds. The van der Waals surface area contributed by atoms with Crippen LogP contribution >= 0.6 is 0 Å². The summed E-state index contributed by atoms with van der Waals surface area (Å²) >= 11 is 0. The lowest BCUT2D eigenvalue weighted by molar-refractivity contribution is -0.870. The average Bonchev–Trinajstić information content (AvgIpc) is 2.93. The molecule has 42 heavy (non-hydrogen) atoms. The van der Waals surface area contributed by atoms with E-state index in [1.165, 1.54) is 70.6 Å². The van der Waals surface area contributed by atoms with Crippen molar-refractivity contribution >= 4 is 17.9 Å². The van der Waals surface area contributed by atoms with Crippen molar-refractivity contribution in [2.45, 2.75) is 148 Å². The standard InChI is InChI=1S/C33H63NO8/c1-6-8-10-12-14-16-18-20-22-24-31(36)42-29(28-41-33(32(37)38)39-26-25-34(3,4)5)27-40-30(35)23-21-19-17-15-13-11-9-7-2/h29,33H,6-28H2,1-5H3/p+1. The van der Waals surface area contributed by atoms with Crippen LogP contribution in [-0.4, -0.2) is 87.4 Å². The topological polar surface area (TPSA) is 108 Å². The Hall–Kier alpha value is -1.71. The maximum absolute atomic E-state index is 12.5. The number of rotatable bonds is 30. The van der Waals surface area contributed by atoms with Crippen LogP contribution in [0.15, 0.2) is 0 Å². The molecule has 0 aromatic rings. The van der Waals surface area contributed by atoms with Gasteiger partial charge >= 0.3 is 17.9 Å². The molecular weight excluding hydrogens is 538 g/mol. The molecule has 1 N–H and O–H groups in total. The maximum atomic E-state index is 12.5. The highest BCUT2D eigenvalue weighted by atomic mass is 16.7. The van der Waals surface area contributed by atoms with Gasteiger partial charge in [0, 0.05) is 12.8 Å². The van der Waals surface area contributed by atoms with E-state index in [9.17, 15) is 19.5 Å². The highest BCUT2D eigenvalue weighted by molar-refractivity contribution is 5.71. The average molecular weight is 603 g/mol. The Labute approximate surface area is 256 Å². The van der Waals surface area contributed by atoms with Gasteiger partial charge in [-0.25, -0.2) is 4.79 Å². The summed E-state index contributed by atoms with van der Waals surface area (Å²) in [5.41, 5.74) is 0. The molecule has 9 nitrogen and oxygen atoms in total. The van der Waals surface area contributed by atoms with Crippen LogP contribution in [0.2, 0.25) is 0 Å². The van der Waals surface area contributed by atoms with E-state index < -0.39 is 24.3 Å². The number of ether oxygens (including phenoxy) is 4. The van der Waals surface area contributed by atoms with Gasteiger partial charge < -0.3 is 28.5 Å². The third-order valence-corrected chi connectivity index (χ3v) is 7.11. The molecule has 0 rings (SSSR count). The molecule has 0 aliphatic carbocycles. The Morgan fingerprint density at radius 1 is 0.619 bits per heavy atom. The van der Waals surface area contributed by atoms with E-state index >= 15 is 0 Å². The zero-order valence-electron chi connectivity index (χ0n) is 27.7. The van der Waals surface area contributed by atoms with Crippen molar-refractivity contribution in [3.63, 3.8) is 0 Å². The van der Waals surface area contributed by atoms with Crippen molar-refractivity contribution in [1.29, 1.82) is 0 Å². The molecule has 2 unspecified atom stereocenters. The Bertz CT molecular complexity index is 679. The third kappa shape index (κ3) is 27.1. The molecule has 0 radical (unpaired) electrons. The monoisotopic (exact) mass is 602 g/mol. The van der Waals surface area contributed by atoms with Gasteiger partial charge in [0.1, 0.15) is 13.2 Å². The number of nitrogens with zero attached hydrogens (tertiary/aromatic N) is 1. The molecule has 248 valence electrons. The quantitative estimate of drug-likeness (QED) is 0.0404. The molecule has 9 heteroatoms. The van der Waals surface area contributed by atoms with Crippen molar-refractivity contribution in [1.82, 2.24) is 0 Å². The van der Waals surface area contributed by atoms with E-state index in [1.807, 2.05) is 21.1 Å². The minimum absolute atomic E-state index is 0.176. The smallest absolute Gasteiger partial charge is 0.361 e. The normalized spacial score (nSPS) is 13.1. The number of carbonyl (C=O) groups is 3. The summed E-state index contributed by atoms with van der Waals surface area (Å²) in [6, 6.07) is 0. The Balaban J connectivity index is 4.62. The Morgan fingerprint density at radius 3 is 1.52 bits per heavy atom. The molecule has 0 aromatic carbocycles. The first-order valence-corrected chi connectivity index (χ1v) is 16.7. The van der Waals surface area contributed by atoms with E-state index in [-0.39, 0.29) is 32.2 Å². The maximum Gasteiger partial charge on any atom is 0.361 e. The van der Waals surface area contributed by atoms with E-state index in [0.717, 1.165) is 38.5 Å². The van der Waals surface area contributed by atoms with Crippen molar-refractivity contribution in [2.75, 3.05) is 47.5 Å². The molecule has 0 aliphatic rings. The van der Waals surface area contributed by atoms with Crippen LogP contribution < -0.4 is 0 Å². The van der Waals surface area contributed by atoms with E-state index in [1.54, 1.807) is 0 Å². The molecule has 0 saturated carbocycles. The third-order valence-electron chi connectivity index (χ3n) is 7.11. The van der Waals surface area contributed by atoms with Gasteiger partial charge in [0.2, 0.25) is 0 Å². The Kier molecular flexibility index (Phi) is 25.8. The number of carbonyl (C=O) groups excluding carboxylic acids is 2. The number of likely N-dealkylation sites (N-methyl/N-ethyl adjacent to an activating group) is 1. The first-order chi connectivity index (χ1) is 20.1. The molecule has 0 saturated heterocycles. The summed E-state index contributed by atoms with van der Waals surface area (Å²) in [4.78, 5) is 36.5. The van der Waals surface area contributed by atoms with Crippen molar-refractivity contribution in [2.24, 2.45) is 0 Å². The fourth-order valence-corrected chi connectivity index (χ4v) is 4.42. The minimum Gasteiger partial charge on any atom is -0.477 e. The lowest BCUT2D eigenvalue weighted by Crippen LogP contribution is -2.40. The first kappa shape index (κ1) is 40.3. The van der Waals surface area contributed by atoms with Crippen LogP contribution in [0.1, 0.15) is 136 Å². The Morgan fingerprint density at radius 2 is 1.07 bits per heavy atom. The number of esters is 2. The summed E-state index contributed by atoms with van der Waals surface area (Å²) in [5.74, 6) is -2.01. The van der Waals surface area contributed by atoms with Crippen LogP contribution in [0.25, 0.3) is 0 Å². The highest BCUT2D eigenvalue weighted by Crippen LogP contribution is 2.13. The van der Waals surface area contributed by atoms with Gasteiger partial charge in [-0.15, -0.1) is 0 Å². The van der Waals surface area contributed by atoms with Gasteiger partial charge in [0.15, 0.2) is 6.10 Å². The molecule has 2 atom stereocenters. The summed E-state index contributed by atoms with van der Waals surface area (Å²) in [6.07, 6.45) is 17.5. The van der Waals surface area contributed by atoms with Crippen molar-refractivity contribution < 1.29 is 42.9 Å². The van der Waals surface area contributed by atoms with Gasteiger partial charge in [-0.3, -0.25) is 9.59 Å². The lowest BCUT2D eigenvalue weighted by atomic mass is 10.1. The van der Waals surface area contributed by atoms with Crippen molar-refractivity contribution in [3.05, 3.63) is 0 Å². The molecule has 0 aromatic heterocycles. The molecular formula is C33H64NO8+. The number of unbranched alkanes of at least 4 members (excludes halogenated alkanes) is 15. The van der Waals surface area contributed by atoms with Gasteiger partial charge in [0.25, 0.3) is 6.29 Å². The predicted molar refractivity (Wildman–Crippen MR) is 166 cm³/mol. The molecule has 0 heterocycles. The van der Waals surface area contributed by atoms with Gasteiger partial charge in [0.05, 0.1) is 34.4 Å². The first-order valence-electron chi connectivity index (χ1n) is 16.7. The second kappa shape index (κ2) is 26.9. The predicted octanol–water partition coefficient (Wildman–Crippen LogP) is 7.04. The van der Waals surface area contributed by atoms with Gasteiger partial charge in [-0.1, -0.05) is 110 Å². The van der Waals surface area contributed by atoms with Crippen LogP contribution in [0.4, 0.5) is 0 Å². The van der Waals surface area contributed by atoms with Gasteiger partial charge in [-0.2, -0.15) is 0 Å². The number of carboxylic acids is 1. The minimum atomic E-state index is -1.50. The number of aliphatic carboxylic acids is 1. The van der Waals surface area contributed by atoms with E-state index in [4.69, 9.17) is 18.9 Å². The summed E-state index contributed by atoms with van der Waals surface area (Å²) in [5, 5.41) is 9.52. The SMILES string of the molecule is CCCCCCCCCCCC(=O)OC(COC(=O)CCCCCCCCCC)COC(OCC[N+](C)(C)C)C(=O)O. The number of hydrogen-bond donors (Lipinski definition) is 1. The number of quaternary nitrogens is 1. The fraction of sp³-hybridized carbons (Fsp3) is 0.909. The van der Waals surface area contributed by atoms with E-state index in [0.29, 0.717) is 17.4 Å². The van der Waals surface area contributed by atoms with Crippen LogP contribution in [0.5, 0.6) is 0 Å². The van der Waals surface area contributed by atoms with Crippen LogP contribution in [-0.2, 0) is 33.3 Å². The molecule has 0 bridgehead atoms. The molecule has 0 fully saturated rings. The zero-order chi connectivity index (χ0) is 31.5. The van der Waals surface area contributed by atoms with E-state index in [2.05, 4.69) is 13.8 Å². The lowest BCUT2D eigenvalue weighted by Gasteiger charge is -2.25. The number of hydrogen-bond acceptors (Lipinski definition) is 7.